The maximum absolute atomic E-state index is 13.8. The van der Waals surface area contributed by atoms with Crippen LogP contribution in [0.5, 0.6) is 0 Å². The van der Waals surface area contributed by atoms with Gasteiger partial charge in [0.05, 0.1) is 11.5 Å². The lowest BCUT2D eigenvalue weighted by Gasteiger charge is -2.28. The van der Waals surface area contributed by atoms with Crippen molar-refractivity contribution in [3.05, 3.63) is 107 Å². The molecule has 1 amide bonds. The minimum absolute atomic E-state index is 0.00557. The Bertz CT molecular complexity index is 992. The van der Waals surface area contributed by atoms with Gasteiger partial charge in [0.25, 0.3) is 5.91 Å². The van der Waals surface area contributed by atoms with Gasteiger partial charge in [-0.05, 0) is 42.9 Å². The molecule has 3 aromatic rings. The molecule has 30 heavy (non-hydrogen) atoms. The van der Waals surface area contributed by atoms with Crippen LogP contribution in [-0.2, 0) is 6.42 Å². The third-order valence-corrected chi connectivity index (χ3v) is 5.87. The van der Waals surface area contributed by atoms with Crippen LogP contribution in [0.2, 0.25) is 0 Å². The summed E-state index contributed by atoms with van der Waals surface area (Å²) in [5.41, 5.74) is 3.14. The fraction of sp³-hybridized carbons (Fsp3) is 0.259. The number of hydrogen-bond donors (Lipinski definition) is 0. The zero-order chi connectivity index (χ0) is 20.8. The van der Waals surface area contributed by atoms with E-state index in [1.54, 1.807) is 12.1 Å². The van der Waals surface area contributed by atoms with Gasteiger partial charge in [-0.15, -0.1) is 0 Å². The minimum Gasteiger partial charge on any atom is -0.339 e. The quantitative estimate of drug-likeness (QED) is 0.514. The SMILES string of the molecule is O=C(c1ccccc1C(=O)N1CCCCC1)C(Cc1ccccc1)c1ccccc1. The molecule has 3 aromatic carbocycles. The number of benzene rings is 3. The summed E-state index contributed by atoms with van der Waals surface area (Å²) in [6.07, 6.45) is 3.83. The maximum atomic E-state index is 13.8. The number of carbonyl (C=O) groups excluding carboxylic acids is 2. The Morgan fingerprint density at radius 3 is 1.93 bits per heavy atom. The molecule has 1 saturated heterocycles. The number of rotatable bonds is 6. The molecule has 0 N–H and O–H groups in total. The maximum Gasteiger partial charge on any atom is 0.254 e. The highest BCUT2D eigenvalue weighted by molar-refractivity contribution is 6.10. The predicted octanol–water partition coefficient (Wildman–Crippen LogP) is 5.52. The van der Waals surface area contributed by atoms with E-state index in [4.69, 9.17) is 0 Å². The monoisotopic (exact) mass is 397 g/mol. The Kier molecular flexibility index (Phi) is 6.38. The summed E-state index contributed by atoms with van der Waals surface area (Å²) >= 11 is 0. The molecule has 3 heteroatoms. The normalized spacial score (nSPS) is 14.9. The number of nitrogens with zero attached hydrogens (tertiary/aromatic N) is 1. The van der Waals surface area contributed by atoms with Crippen molar-refractivity contribution in [1.29, 1.82) is 0 Å². The minimum atomic E-state index is -0.330. The largest absolute Gasteiger partial charge is 0.339 e. The molecular formula is C27H27NO2. The third-order valence-electron chi connectivity index (χ3n) is 5.87. The topological polar surface area (TPSA) is 37.4 Å². The van der Waals surface area contributed by atoms with Gasteiger partial charge in [-0.25, -0.2) is 0 Å². The van der Waals surface area contributed by atoms with Gasteiger partial charge in [0.15, 0.2) is 5.78 Å². The van der Waals surface area contributed by atoms with Crippen LogP contribution in [0.1, 0.15) is 57.0 Å². The van der Waals surface area contributed by atoms with Crippen LogP contribution in [0, 0.1) is 0 Å². The van der Waals surface area contributed by atoms with E-state index >= 15 is 0 Å². The first-order valence-corrected chi connectivity index (χ1v) is 10.8. The molecule has 1 atom stereocenters. The van der Waals surface area contributed by atoms with Crippen LogP contribution in [0.4, 0.5) is 0 Å². The van der Waals surface area contributed by atoms with Crippen LogP contribution in [0.15, 0.2) is 84.9 Å². The summed E-state index contributed by atoms with van der Waals surface area (Å²) in [6, 6.07) is 27.3. The van der Waals surface area contributed by atoms with Crippen molar-refractivity contribution in [2.24, 2.45) is 0 Å². The Hall–Kier alpha value is -3.20. The fourth-order valence-corrected chi connectivity index (χ4v) is 4.24. The summed E-state index contributed by atoms with van der Waals surface area (Å²) in [6.45, 7) is 1.54. The van der Waals surface area contributed by atoms with Gasteiger partial charge in [-0.2, -0.15) is 0 Å². The first-order chi connectivity index (χ1) is 14.7. The van der Waals surface area contributed by atoms with Crippen molar-refractivity contribution in [3.63, 3.8) is 0 Å². The molecule has 1 aliphatic heterocycles. The summed E-state index contributed by atoms with van der Waals surface area (Å²) in [7, 11) is 0. The van der Waals surface area contributed by atoms with E-state index in [-0.39, 0.29) is 17.6 Å². The van der Waals surface area contributed by atoms with E-state index in [1.165, 1.54) is 0 Å². The highest BCUT2D eigenvalue weighted by Crippen LogP contribution is 2.28. The van der Waals surface area contributed by atoms with E-state index in [1.807, 2.05) is 77.7 Å². The standard InChI is InChI=1S/C27H27NO2/c29-26(23-16-8-9-17-24(23)27(30)28-18-10-3-11-19-28)25(22-14-6-2-7-15-22)20-21-12-4-1-5-13-21/h1-2,4-9,12-17,25H,3,10-11,18-20H2. The number of hydrogen-bond acceptors (Lipinski definition) is 2. The molecule has 0 saturated carbocycles. The van der Waals surface area contributed by atoms with Gasteiger partial charge >= 0.3 is 0 Å². The second kappa shape index (κ2) is 9.53. The predicted molar refractivity (Wildman–Crippen MR) is 120 cm³/mol. The number of carbonyl (C=O) groups is 2. The van der Waals surface area contributed by atoms with E-state index in [0.717, 1.165) is 43.5 Å². The zero-order valence-electron chi connectivity index (χ0n) is 17.2. The fourth-order valence-electron chi connectivity index (χ4n) is 4.24. The van der Waals surface area contributed by atoms with Crippen LogP contribution in [-0.4, -0.2) is 29.7 Å². The van der Waals surface area contributed by atoms with E-state index in [0.29, 0.717) is 17.5 Å². The molecule has 152 valence electrons. The highest BCUT2D eigenvalue weighted by atomic mass is 16.2. The number of likely N-dealkylation sites (tertiary alicyclic amines) is 1. The molecule has 1 heterocycles. The average Bonchev–Trinajstić information content (AvgIpc) is 2.83. The molecule has 1 fully saturated rings. The third kappa shape index (κ3) is 4.51. The summed E-state index contributed by atoms with van der Waals surface area (Å²) in [4.78, 5) is 28.9. The highest BCUT2D eigenvalue weighted by Gasteiger charge is 2.28. The van der Waals surface area contributed by atoms with Crippen molar-refractivity contribution >= 4 is 11.7 Å². The van der Waals surface area contributed by atoms with Crippen molar-refractivity contribution in [2.45, 2.75) is 31.6 Å². The lowest BCUT2D eigenvalue weighted by Crippen LogP contribution is -2.36. The molecule has 0 aliphatic carbocycles. The van der Waals surface area contributed by atoms with Gasteiger partial charge < -0.3 is 4.90 Å². The van der Waals surface area contributed by atoms with Crippen molar-refractivity contribution in [3.8, 4) is 0 Å². The van der Waals surface area contributed by atoms with Gasteiger partial charge in [0.2, 0.25) is 0 Å². The number of Topliss-reactive ketones (excluding diaryl/α,β-unsaturated/α-hetero) is 1. The van der Waals surface area contributed by atoms with Gasteiger partial charge in [-0.3, -0.25) is 9.59 Å². The van der Waals surface area contributed by atoms with E-state index < -0.39 is 0 Å². The van der Waals surface area contributed by atoms with Gasteiger partial charge in [0, 0.05) is 18.7 Å². The number of piperidine rings is 1. The van der Waals surface area contributed by atoms with Gasteiger partial charge in [-0.1, -0.05) is 78.9 Å². The van der Waals surface area contributed by atoms with Crippen LogP contribution in [0.3, 0.4) is 0 Å². The molecule has 1 aliphatic rings. The van der Waals surface area contributed by atoms with Crippen molar-refractivity contribution < 1.29 is 9.59 Å². The van der Waals surface area contributed by atoms with Gasteiger partial charge in [0.1, 0.15) is 0 Å². The lowest BCUT2D eigenvalue weighted by molar-refractivity contribution is 0.0719. The Morgan fingerprint density at radius 1 is 0.700 bits per heavy atom. The lowest BCUT2D eigenvalue weighted by atomic mass is 9.84. The molecular weight excluding hydrogens is 370 g/mol. The van der Waals surface area contributed by atoms with E-state index in [9.17, 15) is 9.59 Å². The summed E-state index contributed by atoms with van der Waals surface area (Å²) in [5.74, 6) is -0.347. The van der Waals surface area contributed by atoms with E-state index in [2.05, 4.69) is 0 Å². The number of ketones is 1. The average molecular weight is 398 g/mol. The molecule has 0 radical (unpaired) electrons. The Morgan fingerprint density at radius 2 is 1.27 bits per heavy atom. The Balaban J connectivity index is 1.69. The molecule has 4 rings (SSSR count). The summed E-state index contributed by atoms with van der Waals surface area (Å²) < 4.78 is 0. The molecule has 0 bridgehead atoms. The van der Waals surface area contributed by atoms with Crippen LogP contribution < -0.4 is 0 Å². The summed E-state index contributed by atoms with van der Waals surface area (Å²) in [5, 5.41) is 0. The van der Waals surface area contributed by atoms with Crippen LogP contribution in [0.25, 0.3) is 0 Å². The van der Waals surface area contributed by atoms with Crippen molar-refractivity contribution in [2.75, 3.05) is 13.1 Å². The molecule has 0 aromatic heterocycles. The molecule has 3 nitrogen and oxygen atoms in total. The van der Waals surface area contributed by atoms with Crippen LogP contribution >= 0.6 is 0 Å². The second-order valence-corrected chi connectivity index (χ2v) is 7.92. The first kappa shape index (κ1) is 20.1. The van der Waals surface area contributed by atoms with Crippen molar-refractivity contribution in [1.82, 2.24) is 4.90 Å². The molecule has 0 spiro atoms. The zero-order valence-corrected chi connectivity index (χ0v) is 17.2. The second-order valence-electron chi connectivity index (χ2n) is 7.92. The Labute approximate surface area is 178 Å². The smallest absolute Gasteiger partial charge is 0.254 e. The molecule has 1 unspecified atom stereocenters. The number of amides is 1. The first-order valence-electron chi connectivity index (χ1n) is 10.8.